The molecule has 0 spiro atoms. The van der Waals surface area contributed by atoms with E-state index in [0.717, 1.165) is 22.7 Å². The minimum Gasteiger partial charge on any atom is -0.478 e. The van der Waals surface area contributed by atoms with Gasteiger partial charge in [-0.05, 0) is 40.5 Å². The van der Waals surface area contributed by atoms with E-state index in [1.54, 1.807) is 16.8 Å². The first-order chi connectivity index (χ1) is 9.93. The summed E-state index contributed by atoms with van der Waals surface area (Å²) < 4.78 is 2.36. The molecule has 0 unspecified atom stereocenters. The highest BCUT2D eigenvalue weighted by molar-refractivity contribution is 9.10. The van der Waals surface area contributed by atoms with E-state index >= 15 is 0 Å². The van der Waals surface area contributed by atoms with Gasteiger partial charge in [-0.25, -0.2) is 4.79 Å². The molecule has 0 saturated carbocycles. The summed E-state index contributed by atoms with van der Waals surface area (Å²) in [6, 6.07) is 5.28. The van der Waals surface area contributed by atoms with Gasteiger partial charge in [0.05, 0.1) is 22.0 Å². The zero-order valence-electron chi connectivity index (χ0n) is 11.6. The highest BCUT2D eigenvalue weighted by Gasteiger charge is 2.14. The monoisotopic (exact) mass is 388 g/mol. The Balaban J connectivity index is 2.19. The number of benzene rings is 1. The van der Waals surface area contributed by atoms with Crippen LogP contribution in [0.3, 0.4) is 0 Å². The Morgan fingerprint density at radius 3 is 2.81 bits per heavy atom. The molecule has 0 radical (unpaired) electrons. The van der Waals surface area contributed by atoms with Crippen LogP contribution in [0.2, 0.25) is 5.02 Å². The van der Waals surface area contributed by atoms with E-state index < -0.39 is 5.97 Å². The second kappa shape index (κ2) is 6.85. The lowest BCUT2D eigenvalue weighted by molar-refractivity contribution is 0.0695. The Labute approximate surface area is 140 Å². The van der Waals surface area contributed by atoms with Crippen molar-refractivity contribution < 1.29 is 9.90 Å². The number of hydrogen-bond donors (Lipinski definition) is 1. The summed E-state index contributed by atoms with van der Waals surface area (Å²) in [6.45, 7) is 2.01. The van der Waals surface area contributed by atoms with Crippen LogP contribution in [0.15, 0.2) is 27.6 Å². The van der Waals surface area contributed by atoms with E-state index in [4.69, 9.17) is 16.7 Å². The Kier molecular flexibility index (Phi) is 5.35. The maximum Gasteiger partial charge on any atom is 0.336 e. The van der Waals surface area contributed by atoms with Crippen molar-refractivity contribution in [2.45, 2.75) is 24.0 Å². The topological polar surface area (TPSA) is 55.1 Å². The molecule has 1 aromatic heterocycles. The molecule has 112 valence electrons. The number of hydrogen-bond acceptors (Lipinski definition) is 3. The average molecular weight is 390 g/mol. The minimum absolute atomic E-state index is 0.255. The summed E-state index contributed by atoms with van der Waals surface area (Å²) in [5.74, 6) is -0.306. The zero-order chi connectivity index (χ0) is 15.6. The second-order valence-corrected chi connectivity index (χ2v) is 6.70. The highest BCUT2D eigenvalue weighted by Crippen LogP contribution is 2.30. The third-order valence-electron chi connectivity index (χ3n) is 3.05. The molecular weight excluding hydrogens is 376 g/mol. The van der Waals surface area contributed by atoms with Crippen LogP contribution in [0.5, 0.6) is 0 Å². The van der Waals surface area contributed by atoms with Gasteiger partial charge >= 0.3 is 5.97 Å². The van der Waals surface area contributed by atoms with Crippen LogP contribution in [0.25, 0.3) is 0 Å². The molecule has 0 aliphatic rings. The first kappa shape index (κ1) is 16.4. The van der Waals surface area contributed by atoms with Gasteiger partial charge in [0.2, 0.25) is 0 Å². The fourth-order valence-corrected chi connectivity index (χ4v) is 3.74. The molecule has 2 rings (SSSR count). The number of aromatic carboxylic acids is 1. The van der Waals surface area contributed by atoms with Crippen molar-refractivity contribution in [3.05, 3.63) is 44.6 Å². The van der Waals surface area contributed by atoms with Crippen molar-refractivity contribution in [3.63, 3.8) is 0 Å². The van der Waals surface area contributed by atoms with E-state index in [9.17, 15) is 4.79 Å². The highest BCUT2D eigenvalue weighted by atomic mass is 79.9. The largest absolute Gasteiger partial charge is 0.478 e. The Morgan fingerprint density at radius 1 is 1.52 bits per heavy atom. The fraction of sp³-hybridized carbons (Fsp3) is 0.286. The number of rotatable bonds is 5. The molecular formula is C14H14BrClN2O2S. The van der Waals surface area contributed by atoms with Gasteiger partial charge in [0.1, 0.15) is 0 Å². The summed E-state index contributed by atoms with van der Waals surface area (Å²) in [7, 11) is 1.87. The van der Waals surface area contributed by atoms with E-state index in [2.05, 4.69) is 21.0 Å². The van der Waals surface area contributed by atoms with Gasteiger partial charge in [0.15, 0.2) is 0 Å². The maximum atomic E-state index is 11.1. The van der Waals surface area contributed by atoms with Gasteiger partial charge in [0.25, 0.3) is 0 Å². The van der Waals surface area contributed by atoms with Gasteiger partial charge in [-0.2, -0.15) is 5.10 Å². The number of aryl methyl sites for hydroxylation is 2. The van der Waals surface area contributed by atoms with Crippen molar-refractivity contribution in [3.8, 4) is 0 Å². The lowest BCUT2D eigenvalue weighted by Gasteiger charge is -2.06. The summed E-state index contributed by atoms with van der Waals surface area (Å²) in [6.07, 6.45) is 0.790. The molecule has 7 heteroatoms. The number of carboxylic acid groups (broad SMARTS) is 1. The van der Waals surface area contributed by atoms with Crippen molar-refractivity contribution in [2.24, 2.45) is 7.05 Å². The molecule has 0 atom stereocenters. The standard InChI is InChI=1S/C14H14BrClN2O2S/c1-3-11-13(16)12(18(2)17-11)7-21-8-4-5-10(15)9(6-8)14(19)20/h4-6H,3,7H2,1-2H3,(H,19,20). The van der Waals surface area contributed by atoms with Crippen molar-refractivity contribution >= 4 is 45.3 Å². The lowest BCUT2D eigenvalue weighted by atomic mass is 10.2. The normalized spacial score (nSPS) is 10.9. The molecule has 2 aromatic rings. The summed E-state index contributed by atoms with van der Waals surface area (Å²) in [5, 5.41) is 14.2. The van der Waals surface area contributed by atoms with Gasteiger partial charge in [0, 0.05) is 22.2 Å². The lowest BCUT2D eigenvalue weighted by Crippen LogP contribution is -1.99. The minimum atomic E-state index is -0.948. The van der Waals surface area contributed by atoms with Crippen molar-refractivity contribution in [1.82, 2.24) is 9.78 Å². The molecule has 0 fully saturated rings. The molecule has 1 N–H and O–H groups in total. The molecule has 0 aliphatic carbocycles. The number of carboxylic acids is 1. The Morgan fingerprint density at radius 2 is 2.24 bits per heavy atom. The van der Waals surface area contributed by atoms with Crippen LogP contribution in [0, 0.1) is 0 Å². The van der Waals surface area contributed by atoms with Gasteiger partial charge < -0.3 is 5.11 Å². The van der Waals surface area contributed by atoms with Crippen molar-refractivity contribution in [1.29, 1.82) is 0 Å². The number of nitrogens with zero attached hydrogens (tertiary/aromatic N) is 2. The van der Waals surface area contributed by atoms with Gasteiger partial charge in [-0.3, -0.25) is 4.68 Å². The average Bonchev–Trinajstić information content (AvgIpc) is 2.72. The van der Waals surface area contributed by atoms with Crippen LogP contribution >= 0.6 is 39.3 Å². The van der Waals surface area contributed by atoms with E-state index in [-0.39, 0.29) is 5.56 Å². The second-order valence-electron chi connectivity index (χ2n) is 4.42. The third kappa shape index (κ3) is 3.62. The fourth-order valence-electron chi connectivity index (χ4n) is 1.89. The quantitative estimate of drug-likeness (QED) is 0.771. The Bertz CT molecular complexity index is 688. The van der Waals surface area contributed by atoms with Crippen LogP contribution in [0.1, 0.15) is 28.7 Å². The summed E-state index contributed by atoms with van der Waals surface area (Å²) in [4.78, 5) is 12.0. The van der Waals surface area contributed by atoms with E-state index in [0.29, 0.717) is 15.2 Å². The van der Waals surface area contributed by atoms with Crippen molar-refractivity contribution in [2.75, 3.05) is 0 Å². The van der Waals surface area contributed by atoms with Crippen LogP contribution in [-0.2, 0) is 19.2 Å². The predicted molar refractivity (Wildman–Crippen MR) is 88.3 cm³/mol. The number of thioether (sulfide) groups is 1. The molecule has 1 heterocycles. The van der Waals surface area contributed by atoms with E-state index in [1.165, 1.54) is 11.8 Å². The summed E-state index contributed by atoms with van der Waals surface area (Å²) >= 11 is 11.1. The Hall–Kier alpha value is -0.980. The van der Waals surface area contributed by atoms with Gasteiger partial charge in [-0.1, -0.05) is 18.5 Å². The molecule has 1 aromatic carbocycles. The van der Waals surface area contributed by atoms with Crippen LogP contribution in [0.4, 0.5) is 0 Å². The molecule has 0 amide bonds. The molecule has 0 aliphatic heterocycles. The zero-order valence-corrected chi connectivity index (χ0v) is 14.7. The smallest absolute Gasteiger partial charge is 0.336 e. The third-order valence-corrected chi connectivity index (χ3v) is 5.18. The predicted octanol–water partition coefficient (Wildman–Crippen LogP) is 4.39. The van der Waals surface area contributed by atoms with Crippen LogP contribution < -0.4 is 0 Å². The maximum absolute atomic E-state index is 11.1. The summed E-state index contributed by atoms with van der Waals surface area (Å²) in [5.41, 5.74) is 2.08. The van der Waals surface area contributed by atoms with Crippen LogP contribution in [-0.4, -0.2) is 20.9 Å². The SMILES string of the molecule is CCc1nn(C)c(CSc2ccc(Br)c(C(=O)O)c2)c1Cl. The molecule has 21 heavy (non-hydrogen) atoms. The number of aromatic nitrogens is 2. The first-order valence-electron chi connectivity index (χ1n) is 6.30. The first-order valence-corrected chi connectivity index (χ1v) is 8.45. The number of carbonyl (C=O) groups is 1. The molecule has 4 nitrogen and oxygen atoms in total. The molecule has 0 bridgehead atoms. The molecule has 0 saturated heterocycles. The van der Waals surface area contributed by atoms with E-state index in [1.807, 2.05) is 20.0 Å². The van der Waals surface area contributed by atoms with Gasteiger partial charge in [-0.15, -0.1) is 11.8 Å². The number of halogens is 2.